The Labute approximate surface area is 110 Å². The molecule has 0 saturated carbocycles. The van der Waals surface area contributed by atoms with Gasteiger partial charge >= 0.3 is 0 Å². The molecule has 3 heteroatoms. The normalized spacial score (nSPS) is 12.3. The lowest BCUT2D eigenvalue weighted by Crippen LogP contribution is -1.99. The summed E-state index contributed by atoms with van der Waals surface area (Å²) >= 11 is 0. The quantitative estimate of drug-likeness (QED) is 0.917. The van der Waals surface area contributed by atoms with Crippen molar-refractivity contribution < 1.29 is 4.21 Å². The highest BCUT2D eigenvalue weighted by Crippen LogP contribution is 2.14. The van der Waals surface area contributed by atoms with Crippen molar-refractivity contribution in [1.29, 1.82) is 0 Å². The first-order valence-corrected chi connectivity index (χ1v) is 7.24. The summed E-state index contributed by atoms with van der Waals surface area (Å²) in [5, 5.41) is 0. The molecule has 0 aliphatic rings. The maximum Gasteiger partial charge on any atom is 0.0574 e. The zero-order chi connectivity index (χ0) is 13.0. The molecule has 0 bridgehead atoms. The van der Waals surface area contributed by atoms with Gasteiger partial charge in [0.1, 0.15) is 0 Å². The Balaban J connectivity index is 2.11. The molecule has 0 saturated heterocycles. The van der Waals surface area contributed by atoms with Gasteiger partial charge in [-0.05, 0) is 35.7 Å². The topological polar surface area (TPSA) is 43.1 Å². The number of nitrogens with two attached hydrogens (primary N) is 1. The van der Waals surface area contributed by atoms with Crippen LogP contribution in [0.1, 0.15) is 16.7 Å². The molecule has 1 atom stereocenters. The lowest BCUT2D eigenvalue weighted by Gasteiger charge is -2.04. The van der Waals surface area contributed by atoms with Crippen molar-refractivity contribution >= 4 is 10.8 Å². The van der Waals surface area contributed by atoms with Gasteiger partial charge < -0.3 is 5.73 Å². The molecule has 0 aliphatic carbocycles. The molecule has 0 aliphatic heterocycles. The minimum atomic E-state index is -0.984. The highest BCUT2D eigenvalue weighted by molar-refractivity contribution is 7.84. The molecule has 1 unspecified atom stereocenters. The van der Waals surface area contributed by atoms with E-state index in [1.54, 1.807) is 0 Å². The van der Waals surface area contributed by atoms with Crippen molar-refractivity contribution in [3.63, 3.8) is 0 Å². The lowest BCUT2D eigenvalue weighted by molar-refractivity contribution is 0.682. The SMILES string of the molecule is Cc1cccc(S(=O)Cc2ccc(CN)cc2)c1. The lowest BCUT2D eigenvalue weighted by atomic mass is 10.1. The van der Waals surface area contributed by atoms with E-state index in [1.807, 2.05) is 55.5 Å². The van der Waals surface area contributed by atoms with Crippen LogP contribution in [0.15, 0.2) is 53.4 Å². The van der Waals surface area contributed by atoms with Crippen LogP contribution in [0.2, 0.25) is 0 Å². The van der Waals surface area contributed by atoms with Crippen LogP contribution in [-0.2, 0) is 23.1 Å². The molecule has 2 nitrogen and oxygen atoms in total. The van der Waals surface area contributed by atoms with Gasteiger partial charge in [-0.2, -0.15) is 0 Å². The zero-order valence-electron chi connectivity index (χ0n) is 10.4. The maximum absolute atomic E-state index is 12.2. The van der Waals surface area contributed by atoms with E-state index in [-0.39, 0.29) is 0 Å². The van der Waals surface area contributed by atoms with Gasteiger partial charge in [-0.25, -0.2) is 0 Å². The summed E-state index contributed by atoms with van der Waals surface area (Å²) in [6, 6.07) is 15.8. The van der Waals surface area contributed by atoms with Crippen molar-refractivity contribution in [2.24, 2.45) is 5.73 Å². The Morgan fingerprint density at radius 1 is 1.06 bits per heavy atom. The van der Waals surface area contributed by atoms with E-state index in [4.69, 9.17) is 5.73 Å². The zero-order valence-corrected chi connectivity index (χ0v) is 11.2. The van der Waals surface area contributed by atoms with Crippen molar-refractivity contribution in [3.05, 3.63) is 65.2 Å². The molecule has 94 valence electrons. The third-order valence-electron chi connectivity index (χ3n) is 2.81. The number of benzene rings is 2. The van der Waals surface area contributed by atoms with E-state index in [0.29, 0.717) is 12.3 Å². The number of hydrogen-bond acceptors (Lipinski definition) is 2. The molecule has 2 N–H and O–H groups in total. The van der Waals surface area contributed by atoms with Gasteiger partial charge in [-0.3, -0.25) is 4.21 Å². The minimum absolute atomic E-state index is 0.543. The Hall–Kier alpha value is -1.45. The largest absolute Gasteiger partial charge is 0.326 e. The number of hydrogen-bond donors (Lipinski definition) is 1. The molecule has 0 amide bonds. The van der Waals surface area contributed by atoms with Crippen LogP contribution in [-0.4, -0.2) is 4.21 Å². The first-order valence-electron chi connectivity index (χ1n) is 5.92. The van der Waals surface area contributed by atoms with Crippen LogP contribution in [0, 0.1) is 6.92 Å². The fourth-order valence-corrected chi connectivity index (χ4v) is 2.97. The molecule has 0 radical (unpaired) electrons. The summed E-state index contributed by atoms with van der Waals surface area (Å²) in [6.07, 6.45) is 0. The summed E-state index contributed by atoms with van der Waals surface area (Å²) in [6.45, 7) is 2.55. The third kappa shape index (κ3) is 3.28. The highest BCUT2D eigenvalue weighted by Gasteiger charge is 2.05. The summed E-state index contributed by atoms with van der Waals surface area (Å²) in [5.74, 6) is 0.550. The van der Waals surface area contributed by atoms with E-state index < -0.39 is 10.8 Å². The van der Waals surface area contributed by atoms with Gasteiger partial charge in [-0.1, -0.05) is 36.4 Å². The minimum Gasteiger partial charge on any atom is -0.326 e. The second-order valence-electron chi connectivity index (χ2n) is 4.33. The Kier molecular flexibility index (Phi) is 4.28. The Bertz CT molecular complexity index is 549. The fraction of sp³-hybridized carbons (Fsp3) is 0.200. The molecule has 0 spiro atoms. The van der Waals surface area contributed by atoms with Gasteiger partial charge in [0.05, 0.1) is 16.6 Å². The predicted molar refractivity (Wildman–Crippen MR) is 75.6 cm³/mol. The Morgan fingerprint density at radius 2 is 1.72 bits per heavy atom. The van der Waals surface area contributed by atoms with Gasteiger partial charge in [0.15, 0.2) is 0 Å². The maximum atomic E-state index is 12.2. The summed E-state index contributed by atoms with van der Waals surface area (Å²) in [4.78, 5) is 0.887. The van der Waals surface area contributed by atoms with Crippen molar-refractivity contribution in [1.82, 2.24) is 0 Å². The molecular formula is C15H17NOS. The summed E-state index contributed by atoms with van der Waals surface area (Å²) in [7, 11) is -0.984. The predicted octanol–water partition coefficient (Wildman–Crippen LogP) is 2.76. The molecule has 2 aromatic carbocycles. The van der Waals surface area contributed by atoms with Gasteiger partial charge in [0.2, 0.25) is 0 Å². The molecule has 2 rings (SSSR count). The van der Waals surface area contributed by atoms with Crippen molar-refractivity contribution in [3.8, 4) is 0 Å². The van der Waals surface area contributed by atoms with E-state index in [2.05, 4.69) is 0 Å². The first kappa shape index (κ1) is 13.0. The monoisotopic (exact) mass is 259 g/mol. The van der Waals surface area contributed by atoms with Crippen LogP contribution < -0.4 is 5.73 Å². The number of aryl methyl sites for hydroxylation is 1. The van der Waals surface area contributed by atoms with Crippen molar-refractivity contribution in [2.45, 2.75) is 24.1 Å². The third-order valence-corrected chi connectivity index (χ3v) is 4.18. The van der Waals surface area contributed by atoms with Crippen LogP contribution in [0.3, 0.4) is 0 Å². The molecular weight excluding hydrogens is 242 g/mol. The van der Waals surface area contributed by atoms with E-state index >= 15 is 0 Å². The van der Waals surface area contributed by atoms with Crippen molar-refractivity contribution in [2.75, 3.05) is 0 Å². The van der Waals surface area contributed by atoms with Gasteiger partial charge in [0, 0.05) is 11.4 Å². The first-order chi connectivity index (χ1) is 8.69. The highest BCUT2D eigenvalue weighted by atomic mass is 32.2. The van der Waals surface area contributed by atoms with Crippen LogP contribution in [0.4, 0.5) is 0 Å². The summed E-state index contributed by atoms with van der Waals surface area (Å²) < 4.78 is 12.2. The van der Waals surface area contributed by atoms with Gasteiger partial charge in [0.25, 0.3) is 0 Å². The van der Waals surface area contributed by atoms with Gasteiger partial charge in [-0.15, -0.1) is 0 Å². The number of rotatable bonds is 4. The average Bonchev–Trinajstić information content (AvgIpc) is 2.39. The Morgan fingerprint density at radius 3 is 2.33 bits per heavy atom. The van der Waals surface area contributed by atoms with Crippen LogP contribution in [0.5, 0.6) is 0 Å². The standard InChI is InChI=1S/C15H17NOS/c1-12-3-2-4-15(9-12)18(17)11-14-7-5-13(10-16)6-8-14/h2-9H,10-11,16H2,1H3. The summed E-state index contributed by atoms with van der Waals surface area (Å²) in [5.41, 5.74) is 8.86. The van der Waals surface area contributed by atoms with Crippen LogP contribution >= 0.6 is 0 Å². The smallest absolute Gasteiger partial charge is 0.0574 e. The van der Waals surface area contributed by atoms with Crippen LogP contribution in [0.25, 0.3) is 0 Å². The van der Waals surface area contributed by atoms with E-state index in [9.17, 15) is 4.21 Å². The fourth-order valence-electron chi connectivity index (χ4n) is 1.76. The second-order valence-corrected chi connectivity index (χ2v) is 5.78. The molecule has 0 heterocycles. The molecule has 0 fully saturated rings. The van der Waals surface area contributed by atoms with E-state index in [0.717, 1.165) is 21.6 Å². The van der Waals surface area contributed by atoms with E-state index in [1.165, 1.54) is 0 Å². The average molecular weight is 259 g/mol. The molecule has 2 aromatic rings. The molecule has 0 aromatic heterocycles. The molecule has 18 heavy (non-hydrogen) atoms. The second kappa shape index (κ2) is 5.94.